The molecule has 7 heteroatoms. The Morgan fingerprint density at radius 1 is 1.65 bits per heavy atom. The summed E-state index contributed by atoms with van der Waals surface area (Å²) < 4.78 is 1.61. The summed E-state index contributed by atoms with van der Waals surface area (Å²) in [5.74, 6) is -0.242. The van der Waals surface area contributed by atoms with Gasteiger partial charge >= 0.3 is 0 Å². The minimum atomic E-state index is -0.271. The molecule has 5 N–H and O–H groups in total. The zero-order valence-corrected chi connectivity index (χ0v) is 9.49. The number of carbonyl (C=O) groups is 2. The Bertz CT molecular complexity index is 438. The summed E-state index contributed by atoms with van der Waals surface area (Å²) in [7, 11) is 1.70. The van der Waals surface area contributed by atoms with E-state index in [0.717, 1.165) is 0 Å². The topological polar surface area (TPSA) is 113 Å². The van der Waals surface area contributed by atoms with Crippen molar-refractivity contribution < 1.29 is 9.59 Å². The van der Waals surface area contributed by atoms with Crippen molar-refractivity contribution in [2.75, 3.05) is 11.9 Å². The third kappa shape index (κ3) is 3.63. The van der Waals surface area contributed by atoms with E-state index in [1.54, 1.807) is 23.9 Å². The predicted molar refractivity (Wildman–Crippen MR) is 64.0 cm³/mol. The Kier molecular flexibility index (Phi) is 4.27. The van der Waals surface area contributed by atoms with E-state index in [1.165, 1.54) is 0 Å². The molecule has 0 saturated carbocycles. The van der Waals surface area contributed by atoms with Crippen LogP contribution < -0.4 is 16.4 Å². The third-order valence-corrected chi connectivity index (χ3v) is 2.14. The largest absolute Gasteiger partial charge is 0.388 e. The fourth-order valence-corrected chi connectivity index (χ4v) is 1.34. The minimum absolute atomic E-state index is 0.0282. The molecule has 7 nitrogen and oxygen atoms in total. The third-order valence-electron chi connectivity index (χ3n) is 2.14. The number of amidine groups is 1. The maximum atomic E-state index is 11.7. The van der Waals surface area contributed by atoms with Crippen molar-refractivity contribution in [2.24, 2.45) is 12.8 Å². The number of nitrogens with one attached hydrogen (secondary N) is 3. The molecule has 2 amide bonds. The van der Waals surface area contributed by atoms with E-state index in [0.29, 0.717) is 30.8 Å². The fraction of sp³-hybridized carbons (Fsp3) is 0.300. The Labute approximate surface area is 98.5 Å². The molecule has 92 valence electrons. The van der Waals surface area contributed by atoms with E-state index < -0.39 is 0 Å². The summed E-state index contributed by atoms with van der Waals surface area (Å²) in [6, 6.07) is 1.57. The average molecular weight is 237 g/mol. The highest BCUT2D eigenvalue weighted by molar-refractivity contribution is 5.94. The minimum Gasteiger partial charge on any atom is -0.388 e. The number of amides is 2. The highest BCUT2D eigenvalue weighted by Gasteiger charge is 2.10. The van der Waals surface area contributed by atoms with E-state index >= 15 is 0 Å². The van der Waals surface area contributed by atoms with Crippen LogP contribution in [0.4, 0.5) is 5.69 Å². The molecule has 1 aromatic heterocycles. The number of aryl methyl sites for hydroxylation is 1. The van der Waals surface area contributed by atoms with Crippen LogP contribution in [0.5, 0.6) is 0 Å². The molecule has 0 aliphatic rings. The van der Waals surface area contributed by atoms with Gasteiger partial charge in [-0.25, -0.2) is 0 Å². The summed E-state index contributed by atoms with van der Waals surface area (Å²) >= 11 is 0. The summed E-state index contributed by atoms with van der Waals surface area (Å²) in [5, 5.41) is 12.1. The molecule has 0 bridgehead atoms. The van der Waals surface area contributed by atoms with E-state index in [4.69, 9.17) is 11.1 Å². The van der Waals surface area contributed by atoms with E-state index in [-0.39, 0.29) is 11.7 Å². The van der Waals surface area contributed by atoms with Crippen molar-refractivity contribution in [3.63, 3.8) is 0 Å². The normalized spacial score (nSPS) is 9.71. The van der Waals surface area contributed by atoms with Crippen LogP contribution in [0.3, 0.4) is 0 Å². The number of aromatic nitrogens is 1. The van der Waals surface area contributed by atoms with Crippen LogP contribution in [0, 0.1) is 5.41 Å². The Morgan fingerprint density at radius 3 is 2.94 bits per heavy atom. The van der Waals surface area contributed by atoms with Gasteiger partial charge in [-0.3, -0.25) is 15.0 Å². The van der Waals surface area contributed by atoms with Gasteiger partial charge in [0.05, 0.1) is 11.5 Å². The molecule has 0 aromatic carbocycles. The summed E-state index contributed by atoms with van der Waals surface area (Å²) in [5.41, 5.74) is 6.15. The Balaban J connectivity index is 2.61. The van der Waals surface area contributed by atoms with Gasteiger partial charge in [0.15, 0.2) is 0 Å². The molecule has 1 heterocycles. The molecule has 0 aliphatic heterocycles. The predicted octanol–water partition coefficient (Wildman–Crippen LogP) is -0.351. The van der Waals surface area contributed by atoms with Gasteiger partial charge in [0.25, 0.3) is 5.91 Å². The molecule has 0 saturated heterocycles. The number of carbonyl (C=O) groups excluding carboxylic acids is 2. The van der Waals surface area contributed by atoms with Crippen molar-refractivity contribution in [3.05, 3.63) is 18.0 Å². The molecule has 1 aromatic rings. The van der Waals surface area contributed by atoms with Crippen molar-refractivity contribution in [2.45, 2.75) is 6.42 Å². The summed E-state index contributed by atoms with van der Waals surface area (Å²) in [6.45, 7) is 0.315. The smallest absolute Gasteiger partial charge is 0.267 e. The van der Waals surface area contributed by atoms with Gasteiger partial charge in [0.2, 0.25) is 6.41 Å². The van der Waals surface area contributed by atoms with Gasteiger partial charge in [-0.1, -0.05) is 0 Å². The second-order valence-electron chi connectivity index (χ2n) is 3.52. The lowest BCUT2D eigenvalue weighted by Gasteiger charge is -2.04. The molecular formula is C10H15N5O2. The van der Waals surface area contributed by atoms with Crippen LogP contribution in [-0.4, -0.2) is 29.3 Å². The van der Waals surface area contributed by atoms with Gasteiger partial charge in [0.1, 0.15) is 5.69 Å². The molecule has 0 fully saturated rings. The molecule has 1 rings (SSSR count). The Hall–Kier alpha value is -2.31. The Morgan fingerprint density at radius 2 is 2.35 bits per heavy atom. The SMILES string of the molecule is Cn1cc(NC=O)cc1C(=O)NCCC(=N)N. The lowest BCUT2D eigenvalue weighted by atomic mass is 10.3. The molecule has 0 radical (unpaired) electrons. The summed E-state index contributed by atoms with van der Waals surface area (Å²) in [6.07, 6.45) is 2.50. The molecule has 17 heavy (non-hydrogen) atoms. The van der Waals surface area contributed by atoms with Gasteiger partial charge < -0.3 is 20.9 Å². The molecule has 0 spiro atoms. The lowest BCUT2D eigenvalue weighted by molar-refractivity contribution is -0.105. The van der Waals surface area contributed by atoms with E-state index in [1.807, 2.05) is 0 Å². The number of hydrogen-bond donors (Lipinski definition) is 4. The number of hydrogen-bond acceptors (Lipinski definition) is 3. The highest BCUT2D eigenvalue weighted by atomic mass is 16.2. The maximum absolute atomic E-state index is 11.7. The zero-order chi connectivity index (χ0) is 12.8. The molecule has 0 atom stereocenters. The maximum Gasteiger partial charge on any atom is 0.267 e. The van der Waals surface area contributed by atoms with Crippen LogP contribution in [0.25, 0.3) is 0 Å². The molecule has 0 aliphatic carbocycles. The number of nitrogens with zero attached hydrogens (tertiary/aromatic N) is 1. The first kappa shape index (κ1) is 12.8. The van der Waals surface area contributed by atoms with Crippen molar-refractivity contribution in [1.29, 1.82) is 5.41 Å². The molecular weight excluding hydrogens is 222 g/mol. The second-order valence-corrected chi connectivity index (χ2v) is 3.52. The van der Waals surface area contributed by atoms with Crippen LogP contribution in [0.15, 0.2) is 12.3 Å². The van der Waals surface area contributed by atoms with Crippen LogP contribution >= 0.6 is 0 Å². The average Bonchev–Trinajstić information content (AvgIpc) is 2.59. The van der Waals surface area contributed by atoms with Crippen LogP contribution in [0.1, 0.15) is 16.9 Å². The van der Waals surface area contributed by atoms with Crippen LogP contribution in [0.2, 0.25) is 0 Å². The number of anilines is 1. The van der Waals surface area contributed by atoms with Gasteiger partial charge in [-0.2, -0.15) is 0 Å². The highest BCUT2D eigenvalue weighted by Crippen LogP contribution is 2.11. The lowest BCUT2D eigenvalue weighted by Crippen LogP contribution is -2.28. The number of rotatable bonds is 6. The van der Waals surface area contributed by atoms with Gasteiger partial charge in [-0.15, -0.1) is 0 Å². The van der Waals surface area contributed by atoms with E-state index in [2.05, 4.69) is 10.6 Å². The summed E-state index contributed by atoms with van der Waals surface area (Å²) in [4.78, 5) is 22.0. The standard InChI is InChI=1S/C10H15N5O2/c1-15-5-7(14-6-16)4-8(15)10(17)13-3-2-9(11)12/h4-6H,2-3H2,1H3,(H3,11,12)(H,13,17)(H,14,16). The van der Waals surface area contributed by atoms with Gasteiger partial charge in [0, 0.05) is 26.2 Å². The molecule has 0 unspecified atom stereocenters. The van der Waals surface area contributed by atoms with Crippen molar-refractivity contribution in [1.82, 2.24) is 9.88 Å². The van der Waals surface area contributed by atoms with Gasteiger partial charge in [-0.05, 0) is 6.07 Å². The first-order valence-electron chi connectivity index (χ1n) is 5.02. The van der Waals surface area contributed by atoms with Crippen molar-refractivity contribution >= 4 is 23.8 Å². The first-order valence-corrected chi connectivity index (χ1v) is 5.02. The first-order chi connectivity index (χ1) is 8.04. The second kappa shape index (κ2) is 5.69. The monoisotopic (exact) mass is 237 g/mol. The van der Waals surface area contributed by atoms with E-state index in [9.17, 15) is 9.59 Å². The fourth-order valence-electron chi connectivity index (χ4n) is 1.34. The quantitative estimate of drug-likeness (QED) is 0.308. The van der Waals surface area contributed by atoms with Crippen LogP contribution in [-0.2, 0) is 11.8 Å². The number of nitrogens with two attached hydrogens (primary N) is 1. The zero-order valence-electron chi connectivity index (χ0n) is 9.49. The van der Waals surface area contributed by atoms with Crippen molar-refractivity contribution in [3.8, 4) is 0 Å².